The second-order valence-electron chi connectivity index (χ2n) is 38.8. The van der Waals surface area contributed by atoms with Crippen molar-refractivity contribution in [3.05, 3.63) is 291 Å². The molecule has 5 aliphatic rings. The molecular weight excluding hydrogens is 1790 g/mol. The number of fused-ring (bicyclic) bond motifs is 9. The summed E-state index contributed by atoms with van der Waals surface area (Å²) in [5, 5.41) is 0.509. The molecule has 2 aromatic heterocycles. The van der Waals surface area contributed by atoms with Gasteiger partial charge in [0.25, 0.3) is 0 Å². The maximum absolute atomic E-state index is 17.8. The molecule has 0 amide bonds. The lowest BCUT2D eigenvalue weighted by atomic mass is 9.94. The third-order valence-electron chi connectivity index (χ3n) is 20.0. The van der Waals surface area contributed by atoms with Crippen LogP contribution in [0.5, 0.6) is 34.5 Å². The van der Waals surface area contributed by atoms with Crippen molar-refractivity contribution in [2.45, 2.75) is 131 Å². The van der Waals surface area contributed by atoms with Gasteiger partial charge in [-0.1, -0.05) is 131 Å². The van der Waals surface area contributed by atoms with E-state index in [2.05, 4.69) is 30.3 Å². The molecule has 0 aliphatic carbocycles. The number of hydrogen-bond acceptors (Lipinski definition) is 10. The molecule has 6 aromatic carbocycles. The highest BCUT2D eigenvalue weighted by molar-refractivity contribution is 6.35. The molecule has 5 aliphatic heterocycles. The molecule has 0 spiro atoms. The number of nitrogens with one attached hydrogen (secondary N) is 3. The zero-order chi connectivity index (χ0) is 97.4. The first-order chi connectivity index (χ1) is 61.2. The summed E-state index contributed by atoms with van der Waals surface area (Å²) >= 11 is 0. The van der Waals surface area contributed by atoms with E-state index < -0.39 is 381 Å². The number of halogens is 24. The molecule has 0 saturated carbocycles. The first-order valence-electron chi connectivity index (χ1n) is 40.5. The molecule has 36 heteroatoms. The second-order valence-corrected chi connectivity index (χ2v) is 38.8. The standard InChI is InChI=1S/C96H82F24N6O6/c1-91(2,3)31-127-85-73(109)61(97)55(62(98)74(85)110)49-37-19-21-39(121-37)50(56-63(99)75(111)86(76(112)64(56)100)128-32-92(4,5)6)41-23-25-43(123-41)52(58-67(103)79(115)88(80(116)68(58)104)130-34-94(10,11)12)45-27-29-47(125-45)54(60-71(107)83(119)90(84(120)72(60)108)132-36-96(16,17)18)48-30-28-46(126-48)53(59-69(105)81(117)89(82(118)70(59)106)131-35-95(13,14)15)44-26-24-42(124-44)51(40-22-20-38(49)122-40)57-65(101)77(113)87(78(114)66(57)102)129-33-93(7,8)9/h19-30,37,121,123-124H,31-36H2,1-18H3/b49-38+,50-39+,51-42-,52-45+,53-44-,54-48+. The zero-order valence-electron chi connectivity index (χ0n) is 73.6. The van der Waals surface area contributed by atoms with E-state index >= 15 is 105 Å². The van der Waals surface area contributed by atoms with Crippen LogP contribution in [0.25, 0.3) is 33.4 Å². The molecule has 0 fully saturated rings. The fourth-order valence-corrected chi connectivity index (χ4v) is 14.0. The van der Waals surface area contributed by atoms with Crippen LogP contribution >= 0.6 is 0 Å². The van der Waals surface area contributed by atoms with Crippen LogP contribution in [0.3, 0.4) is 0 Å². The Kier molecular flexibility index (Phi) is 25.9. The highest BCUT2D eigenvalue weighted by atomic mass is 19.2. The van der Waals surface area contributed by atoms with Crippen LogP contribution in [-0.4, -0.2) is 72.8 Å². The number of aliphatic imine (C=N–C) groups is 3. The maximum atomic E-state index is 17.8. The Balaban J connectivity index is 1.26. The molecular formula is C96H82F24N6O6. The Hall–Kier alpha value is -12.5. The van der Waals surface area contributed by atoms with Crippen molar-refractivity contribution in [3.8, 4) is 34.5 Å². The lowest BCUT2D eigenvalue weighted by molar-refractivity contribution is 0.179. The Morgan fingerprint density at radius 3 is 0.758 bits per heavy atom. The SMILES string of the molecule is CC(C)(C)COc1c(F)c(F)c(/C2=C3\C=CC(=N3)/C(c3c(F)c(F)c(OCC(C)(C)C)c(F)c3F)=c3\cc/c([nH]3)=C(/c3c(F)c(F)c(OCC(C)(C)C)c(F)c3F)C3=N/C(=C(/c4c(F)c(F)c(OCC(C)(C)C)c(F)c4F)C4C=C/C(=C(\c5c(F)c(F)c(OCC(C)(C)C)c(F)c5F)c5ccc([nH]5)/C(c5c(F)c(F)c(OCC(C)(C)C)c(F)c5F)=C5/C=CC2=N5)N4)C=C3)c(F)c1F. The largest absolute Gasteiger partial charge is 0.487 e. The first-order valence-corrected chi connectivity index (χ1v) is 40.5. The van der Waals surface area contributed by atoms with Crippen molar-refractivity contribution in [1.82, 2.24) is 15.3 Å². The fourth-order valence-electron chi connectivity index (χ4n) is 14.0. The monoisotopic (exact) mass is 1870 g/mol. The smallest absolute Gasteiger partial charge is 0.204 e. The first kappa shape index (κ1) is 97.0. The van der Waals surface area contributed by atoms with E-state index in [0.717, 1.165) is 6.08 Å². The van der Waals surface area contributed by atoms with Gasteiger partial charge in [-0.05, 0) is 99.3 Å². The molecule has 3 N–H and O–H groups in total. The zero-order valence-corrected chi connectivity index (χ0v) is 73.6. The van der Waals surface area contributed by atoms with Crippen molar-refractivity contribution < 1.29 is 134 Å². The van der Waals surface area contributed by atoms with Crippen LogP contribution < -0.4 is 44.4 Å². The normalized spacial score (nSPS) is 18.7. The van der Waals surface area contributed by atoms with Gasteiger partial charge >= 0.3 is 0 Å². The van der Waals surface area contributed by atoms with Gasteiger partial charge in [-0.25, -0.2) is 67.7 Å². The average molecular weight is 1870 g/mol. The molecule has 8 aromatic rings. The Bertz CT molecular complexity index is 6560. The third kappa shape index (κ3) is 18.5. The van der Waals surface area contributed by atoms with Crippen LogP contribution in [0.1, 0.15) is 169 Å². The maximum Gasteiger partial charge on any atom is 0.204 e. The number of rotatable bonds is 18. The summed E-state index contributed by atoms with van der Waals surface area (Å²) in [5.74, 6) is -66.9. The summed E-state index contributed by atoms with van der Waals surface area (Å²) in [7, 11) is 0. The minimum absolute atomic E-state index is 0.615. The van der Waals surface area contributed by atoms with Crippen LogP contribution in [0, 0.1) is 172 Å². The van der Waals surface area contributed by atoms with E-state index in [0.29, 0.717) is 66.8 Å². The van der Waals surface area contributed by atoms with E-state index in [-0.39, 0.29) is 0 Å². The number of H-pyrrole nitrogens is 2. The van der Waals surface area contributed by atoms with Gasteiger partial charge in [0.05, 0.1) is 113 Å². The summed E-state index contributed by atoms with van der Waals surface area (Å²) in [5.41, 5.74) is -34.9. The van der Waals surface area contributed by atoms with E-state index in [1.165, 1.54) is 125 Å². The molecule has 132 heavy (non-hydrogen) atoms. The Morgan fingerprint density at radius 1 is 0.242 bits per heavy atom. The molecule has 0 radical (unpaired) electrons. The van der Waals surface area contributed by atoms with E-state index in [9.17, 15) is 0 Å². The van der Waals surface area contributed by atoms with Crippen LogP contribution in [0.15, 0.2) is 111 Å². The Morgan fingerprint density at radius 2 is 0.470 bits per heavy atom. The predicted octanol–water partition coefficient (Wildman–Crippen LogP) is 24.2. The topological polar surface area (TPSA) is 136 Å². The number of aromatic nitrogens is 2. The highest BCUT2D eigenvalue weighted by Gasteiger charge is 2.44. The van der Waals surface area contributed by atoms with Crippen molar-refractivity contribution in [2.24, 2.45) is 47.5 Å². The van der Waals surface area contributed by atoms with Crippen LogP contribution in [0.2, 0.25) is 0 Å². The van der Waals surface area contributed by atoms with Crippen LogP contribution in [-0.2, 0) is 0 Å². The molecule has 1 atom stereocenters. The van der Waals surface area contributed by atoms with E-state index in [4.69, 9.17) is 28.4 Å². The summed E-state index contributed by atoms with van der Waals surface area (Å²) in [4.78, 5) is 18.0. The molecule has 12 bridgehead atoms. The van der Waals surface area contributed by atoms with Crippen molar-refractivity contribution in [3.63, 3.8) is 0 Å². The minimum atomic E-state index is -2.42. The Labute approximate surface area is 739 Å². The molecule has 700 valence electrons. The highest BCUT2D eigenvalue weighted by Crippen LogP contribution is 2.49. The number of allylic oxidation sites excluding steroid dienone is 8. The van der Waals surface area contributed by atoms with Gasteiger partial charge in [-0.15, -0.1) is 0 Å². The van der Waals surface area contributed by atoms with Gasteiger partial charge < -0.3 is 43.7 Å². The molecule has 1 unspecified atom stereocenters. The lowest BCUT2D eigenvalue weighted by Gasteiger charge is -2.23. The van der Waals surface area contributed by atoms with Crippen LogP contribution in [0.4, 0.5) is 105 Å². The van der Waals surface area contributed by atoms with Gasteiger partial charge in [0.15, 0.2) is 104 Å². The minimum Gasteiger partial charge on any atom is -0.487 e. The quantitative estimate of drug-likeness (QED) is 0.0575. The summed E-state index contributed by atoms with van der Waals surface area (Å²) < 4.78 is 451. The van der Waals surface area contributed by atoms with Crippen molar-refractivity contribution in [2.75, 3.05) is 39.6 Å². The van der Waals surface area contributed by atoms with Gasteiger partial charge in [0.1, 0.15) is 0 Å². The molecule has 7 heterocycles. The number of benzene rings is 6. The molecule has 12 nitrogen and oxygen atoms in total. The summed E-state index contributed by atoms with van der Waals surface area (Å²) in [6.45, 7) is 22.5. The third-order valence-corrected chi connectivity index (χ3v) is 20.0. The second kappa shape index (κ2) is 35.2. The summed E-state index contributed by atoms with van der Waals surface area (Å²) in [6.07, 6.45) is 5.22. The van der Waals surface area contributed by atoms with Gasteiger partial charge in [-0.2, -0.15) is 52.7 Å². The fraction of sp³-hybridized carbons (Fsp3) is 0.323. The average Bonchev–Trinajstić information content (AvgIpc) is 1.57. The van der Waals surface area contributed by atoms with Gasteiger partial charge in [0, 0.05) is 61.2 Å². The van der Waals surface area contributed by atoms with Crippen molar-refractivity contribution in [1.29, 1.82) is 0 Å². The lowest BCUT2D eigenvalue weighted by Crippen LogP contribution is -2.26. The predicted molar refractivity (Wildman–Crippen MR) is 445 cm³/mol. The van der Waals surface area contributed by atoms with Gasteiger partial charge in [-0.3, -0.25) is 0 Å². The summed E-state index contributed by atoms with van der Waals surface area (Å²) in [6, 6.07) is 0.322. The van der Waals surface area contributed by atoms with E-state index in [1.807, 2.05) is 0 Å². The van der Waals surface area contributed by atoms with E-state index in [1.54, 1.807) is 0 Å². The molecule has 13 rings (SSSR count). The number of aromatic amines is 2. The number of ether oxygens (including phenoxy) is 6. The van der Waals surface area contributed by atoms with Gasteiger partial charge in [0.2, 0.25) is 69.8 Å². The number of nitrogens with zero attached hydrogens (tertiary/aromatic N) is 3. The molecule has 0 saturated heterocycles. The van der Waals surface area contributed by atoms with Crippen molar-refractivity contribution >= 4 is 50.6 Å². The number of hydrogen-bond donors (Lipinski definition) is 3.